The van der Waals surface area contributed by atoms with E-state index in [0.717, 1.165) is 11.1 Å². The van der Waals surface area contributed by atoms with Crippen molar-refractivity contribution in [1.82, 2.24) is 0 Å². The second-order valence-corrected chi connectivity index (χ2v) is 6.04. The number of nitrogens with two attached hydrogens (primary N) is 1. The van der Waals surface area contributed by atoms with Gasteiger partial charge in [-0.2, -0.15) is 0 Å². The third kappa shape index (κ3) is 3.30. The first-order chi connectivity index (χ1) is 12.5. The van der Waals surface area contributed by atoms with Crippen LogP contribution >= 0.6 is 11.6 Å². The van der Waals surface area contributed by atoms with Crippen LogP contribution in [-0.2, 0) is 0 Å². The van der Waals surface area contributed by atoms with E-state index >= 15 is 0 Å². The fourth-order valence-electron chi connectivity index (χ4n) is 2.87. The maximum absolute atomic E-state index is 9.58. The van der Waals surface area contributed by atoms with Gasteiger partial charge >= 0.3 is 0 Å². The quantitative estimate of drug-likeness (QED) is 0.274. The number of oxime groups is 1. The third-order valence-electron chi connectivity index (χ3n) is 4.06. The average molecular weight is 369 g/mol. The molecule has 132 valence electrons. The molecule has 0 aliphatic rings. The molecule has 5 nitrogen and oxygen atoms in total. The van der Waals surface area contributed by atoms with E-state index in [1.807, 2.05) is 12.1 Å². The van der Waals surface area contributed by atoms with Crippen molar-refractivity contribution in [3.63, 3.8) is 0 Å². The van der Waals surface area contributed by atoms with Gasteiger partial charge in [-0.3, -0.25) is 0 Å². The summed E-state index contributed by atoms with van der Waals surface area (Å²) >= 11 is 6.21. The molecule has 26 heavy (non-hydrogen) atoms. The SMILES string of the molecule is COc1ccc(Cl)cc1-c1c(/C(N)=N/O)cccc1-c1ccc(O)cc1. The number of nitrogens with zero attached hydrogens (tertiary/aromatic N) is 1. The molecule has 0 radical (unpaired) electrons. The van der Waals surface area contributed by atoms with Crippen molar-refractivity contribution in [3.8, 4) is 33.8 Å². The van der Waals surface area contributed by atoms with E-state index in [-0.39, 0.29) is 11.6 Å². The molecule has 3 aromatic carbocycles. The molecule has 0 amide bonds. The van der Waals surface area contributed by atoms with Gasteiger partial charge in [-0.05, 0) is 41.5 Å². The first-order valence-corrected chi connectivity index (χ1v) is 8.17. The lowest BCUT2D eigenvalue weighted by Crippen LogP contribution is -2.15. The largest absolute Gasteiger partial charge is 0.508 e. The van der Waals surface area contributed by atoms with E-state index in [0.29, 0.717) is 27.5 Å². The predicted molar refractivity (Wildman–Crippen MR) is 103 cm³/mol. The summed E-state index contributed by atoms with van der Waals surface area (Å²) in [5.74, 6) is 0.749. The number of hydrogen-bond donors (Lipinski definition) is 3. The molecule has 0 aromatic heterocycles. The summed E-state index contributed by atoms with van der Waals surface area (Å²) in [5.41, 5.74) is 9.57. The van der Waals surface area contributed by atoms with Crippen molar-refractivity contribution < 1.29 is 15.1 Å². The molecule has 0 saturated heterocycles. The van der Waals surface area contributed by atoms with Crippen LogP contribution in [0.1, 0.15) is 5.56 Å². The molecule has 0 fully saturated rings. The summed E-state index contributed by atoms with van der Waals surface area (Å²) in [6.45, 7) is 0. The average Bonchev–Trinajstić information content (AvgIpc) is 2.67. The Kier molecular flexibility index (Phi) is 5.00. The van der Waals surface area contributed by atoms with E-state index in [1.165, 1.54) is 0 Å². The Balaban J connectivity index is 2.38. The highest BCUT2D eigenvalue weighted by Crippen LogP contribution is 2.41. The molecule has 3 aromatic rings. The van der Waals surface area contributed by atoms with Gasteiger partial charge in [-0.15, -0.1) is 0 Å². The molecule has 0 atom stereocenters. The molecule has 3 rings (SSSR count). The van der Waals surface area contributed by atoms with E-state index < -0.39 is 0 Å². The minimum atomic E-state index is -0.0253. The van der Waals surface area contributed by atoms with Crippen LogP contribution in [0.4, 0.5) is 0 Å². The van der Waals surface area contributed by atoms with Gasteiger partial charge in [0.25, 0.3) is 0 Å². The summed E-state index contributed by atoms with van der Waals surface area (Å²) in [5, 5.41) is 22.5. The van der Waals surface area contributed by atoms with Gasteiger partial charge in [0, 0.05) is 21.7 Å². The van der Waals surface area contributed by atoms with E-state index in [9.17, 15) is 10.3 Å². The molecule has 0 bridgehead atoms. The number of ether oxygens (including phenoxy) is 1. The molecule has 6 heteroatoms. The molecule has 0 aliphatic heterocycles. The Morgan fingerprint density at radius 1 is 1.04 bits per heavy atom. The smallest absolute Gasteiger partial charge is 0.170 e. The number of amidine groups is 1. The molecule has 0 unspecified atom stereocenters. The predicted octanol–water partition coefficient (Wildman–Crippen LogP) is 4.48. The first-order valence-electron chi connectivity index (χ1n) is 7.79. The number of hydrogen-bond acceptors (Lipinski definition) is 4. The second kappa shape index (κ2) is 7.37. The number of benzene rings is 3. The summed E-state index contributed by atoms with van der Waals surface area (Å²) in [7, 11) is 1.57. The van der Waals surface area contributed by atoms with Crippen molar-refractivity contribution in [2.45, 2.75) is 0 Å². The van der Waals surface area contributed by atoms with Gasteiger partial charge < -0.3 is 20.8 Å². The Morgan fingerprint density at radius 2 is 1.77 bits per heavy atom. The van der Waals surface area contributed by atoms with Crippen LogP contribution in [0, 0.1) is 0 Å². The van der Waals surface area contributed by atoms with Gasteiger partial charge in [0.1, 0.15) is 11.5 Å². The zero-order valence-corrected chi connectivity index (χ0v) is 14.7. The van der Waals surface area contributed by atoms with Crippen molar-refractivity contribution >= 4 is 17.4 Å². The van der Waals surface area contributed by atoms with Crippen LogP contribution in [0.2, 0.25) is 5.02 Å². The molecule has 0 spiro atoms. The first kappa shape index (κ1) is 17.6. The van der Waals surface area contributed by atoms with E-state index in [4.69, 9.17) is 22.1 Å². The molecule has 4 N–H and O–H groups in total. The van der Waals surface area contributed by atoms with Gasteiger partial charge in [0.2, 0.25) is 0 Å². The maximum Gasteiger partial charge on any atom is 0.170 e. The van der Waals surface area contributed by atoms with Gasteiger partial charge in [-0.25, -0.2) is 0 Å². The van der Waals surface area contributed by atoms with Crippen molar-refractivity contribution in [2.24, 2.45) is 10.9 Å². The lowest BCUT2D eigenvalue weighted by atomic mass is 9.89. The lowest BCUT2D eigenvalue weighted by molar-refractivity contribution is 0.318. The number of phenols is 1. The highest BCUT2D eigenvalue weighted by Gasteiger charge is 2.19. The number of halogens is 1. The van der Waals surface area contributed by atoms with Crippen molar-refractivity contribution in [1.29, 1.82) is 0 Å². The minimum absolute atomic E-state index is 0.0253. The van der Waals surface area contributed by atoms with Gasteiger partial charge in [0.15, 0.2) is 5.84 Å². The zero-order chi connectivity index (χ0) is 18.7. The summed E-state index contributed by atoms with van der Waals surface area (Å²) < 4.78 is 5.49. The Morgan fingerprint density at radius 3 is 2.42 bits per heavy atom. The van der Waals surface area contributed by atoms with E-state index in [1.54, 1.807) is 55.6 Å². The lowest BCUT2D eigenvalue weighted by Gasteiger charge is -2.17. The summed E-state index contributed by atoms with van der Waals surface area (Å²) in [6.07, 6.45) is 0. The van der Waals surface area contributed by atoms with Crippen molar-refractivity contribution in [3.05, 3.63) is 71.2 Å². The van der Waals surface area contributed by atoms with Crippen LogP contribution in [-0.4, -0.2) is 23.3 Å². The number of rotatable bonds is 4. The maximum atomic E-state index is 9.58. The third-order valence-corrected chi connectivity index (χ3v) is 4.29. The summed E-state index contributed by atoms with van der Waals surface area (Å²) in [6, 6.07) is 17.5. The molecule has 0 saturated carbocycles. The highest BCUT2D eigenvalue weighted by atomic mass is 35.5. The second-order valence-electron chi connectivity index (χ2n) is 5.60. The standard InChI is InChI=1S/C20H17ClN2O3/c1-26-18-10-7-13(21)11-17(18)19-15(12-5-8-14(24)9-6-12)3-2-4-16(19)20(22)23-25/h2-11,24-25H,1H3,(H2,22,23). The van der Waals surface area contributed by atoms with Crippen LogP contribution in [0.5, 0.6) is 11.5 Å². The Labute approximate surface area is 155 Å². The molecular formula is C20H17ClN2O3. The minimum Gasteiger partial charge on any atom is -0.508 e. The zero-order valence-electron chi connectivity index (χ0n) is 14.0. The molecule has 0 aliphatic carbocycles. The molecule has 0 heterocycles. The van der Waals surface area contributed by atoms with Crippen LogP contribution in [0.15, 0.2) is 65.8 Å². The highest BCUT2D eigenvalue weighted by molar-refractivity contribution is 6.31. The number of phenolic OH excluding ortho intramolecular Hbond substituents is 1. The Bertz CT molecular complexity index is 969. The summed E-state index contributed by atoms with van der Waals surface area (Å²) in [4.78, 5) is 0. The van der Waals surface area contributed by atoms with E-state index in [2.05, 4.69) is 5.16 Å². The monoisotopic (exact) mass is 368 g/mol. The Hall–Kier alpha value is -3.18. The fourth-order valence-corrected chi connectivity index (χ4v) is 3.04. The van der Waals surface area contributed by atoms with Crippen molar-refractivity contribution in [2.75, 3.05) is 7.11 Å². The fraction of sp³-hybridized carbons (Fsp3) is 0.0500. The molecular weight excluding hydrogens is 352 g/mol. The van der Waals surface area contributed by atoms with Gasteiger partial charge in [-0.1, -0.05) is 47.1 Å². The van der Waals surface area contributed by atoms with Crippen LogP contribution in [0.25, 0.3) is 22.3 Å². The van der Waals surface area contributed by atoms with Crippen LogP contribution in [0.3, 0.4) is 0 Å². The number of methoxy groups -OCH3 is 1. The topological polar surface area (TPSA) is 88.1 Å². The number of aromatic hydroxyl groups is 1. The van der Waals surface area contributed by atoms with Gasteiger partial charge in [0.05, 0.1) is 7.11 Å². The normalized spacial score (nSPS) is 11.4. The van der Waals surface area contributed by atoms with Crippen LogP contribution < -0.4 is 10.5 Å².